The summed E-state index contributed by atoms with van der Waals surface area (Å²) in [5.41, 5.74) is 0.306. The van der Waals surface area contributed by atoms with Crippen molar-refractivity contribution in [2.45, 2.75) is 58.1 Å². The molecule has 1 aromatic carbocycles. The normalized spacial score (nSPS) is 13.8. The molecule has 5 N–H and O–H groups in total. The fraction of sp³-hybridized carbons (Fsp3) is 0.524. The number of aliphatic hydroxyl groups is 2. The van der Waals surface area contributed by atoms with E-state index >= 15 is 0 Å². The molecule has 0 saturated heterocycles. The Balaban J connectivity index is 2.61. The van der Waals surface area contributed by atoms with Crippen molar-refractivity contribution in [3.05, 3.63) is 35.9 Å². The molecule has 0 aliphatic rings. The molecule has 1 rings (SSSR count). The molecule has 0 bridgehead atoms. The zero-order valence-electron chi connectivity index (χ0n) is 18.9. The summed E-state index contributed by atoms with van der Waals surface area (Å²) in [5.74, 6) is -1.58. The molecule has 0 radical (unpaired) electrons. The fourth-order valence-corrected chi connectivity index (χ4v) is 2.44. The van der Waals surface area contributed by atoms with Crippen LogP contribution in [0, 0.1) is 0 Å². The van der Waals surface area contributed by atoms with Gasteiger partial charge in [-0.25, -0.2) is 0 Å². The monoisotopic (exact) mass is 449 g/mol. The van der Waals surface area contributed by atoms with Gasteiger partial charge < -0.3 is 0 Å². The summed E-state index contributed by atoms with van der Waals surface area (Å²) in [5, 5.41) is 27.0. The second kappa shape index (κ2) is 12.8. The van der Waals surface area contributed by atoms with Crippen molar-refractivity contribution >= 4 is 31.0 Å². The van der Waals surface area contributed by atoms with E-state index in [0.717, 1.165) is 5.56 Å². The van der Waals surface area contributed by atoms with E-state index in [1.165, 1.54) is 6.92 Å². The van der Waals surface area contributed by atoms with Crippen molar-refractivity contribution in [2.75, 3.05) is 13.2 Å². The van der Waals surface area contributed by atoms with E-state index in [-0.39, 0.29) is 18.7 Å². The van der Waals surface area contributed by atoms with Crippen LogP contribution in [-0.4, -0.2) is 78.2 Å². The number of ether oxygens (including phenoxy) is 2. The molecule has 32 heavy (non-hydrogen) atoms. The molecule has 176 valence electrons. The van der Waals surface area contributed by atoms with Crippen molar-refractivity contribution in [1.29, 1.82) is 0 Å². The first kappa shape index (κ1) is 27.1. The molecule has 1 aromatic rings. The molecule has 0 unspecified atom stereocenters. The Morgan fingerprint density at radius 1 is 1.12 bits per heavy atom. The van der Waals surface area contributed by atoms with Gasteiger partial charge in [0.25, 0.3) is 0 Å². The second-order valence-electron chi connectivity index (χ2n) is 8.16. The van der Waals surface area contributed by atoms with Gasteiger partial charge in [0.2, 0.25) is 0 Å². The number of alkyl carbamates (subject to hydrolysis) is 1. The molecule has 3 atom stereocenters. The molecule has 11 heteroatoms. The number of rotatable bonds is 11. The summed E-state index contributed by atoms with van der Waals surface area (Å²) < 4.78 is 10.2. The number of aliphatic hydroxyl groups excluding tert-OH is 2. The summed E-state index contributed by atoms with van der Waals surface area (Å²) in [4.78, 5) is 36.5. The summed E-state index contributed by atoms with van der Waals surface area (Å²) in [6.45, 7) is 5.76. The van der Waals surface area contributed by atoms with E-state index in [4.69, 9.17) is 9.47 Å². The first-order valence-corrected chi connectivity index (χ1v) is 10.1. The minimum absolute atomic E-state index is 0.0166. The van der Waals surface area contributed by atoms with Gasteiger partial charge >= 0.3 is 182 Å². The van der Waals surface area contributed by atoms with Crippen molar-refractivity contribution in [1.82, 2.24) is 16.0 Å². The molecule has 0 aliphatic carbocycles. The molecular formula is C21H32BN3O7. The van der Waals surface area contributed by atoms with Gasteiger partial charge in [0.15, 0.2) is 0 Å². The SMILES string of the molecule is B=C(CNC(=O)OC(C)(C)C)N[C@H](C(=O)N[C@@H](CO)C(=O)OCc1ccccc1)[C@H](C)O. The van der Waals surface area contributed by atoms with Crippen LogP contribution in [0.4, 0.5) is 4.79 Å². The Labute approximate surface area is 188 Å². The summed E-state index contributed by atoms with van der Waals surface area (Å²) in [7, 11) is 3.71. The van der Waals surface area contributed by atoms with Crippen molar-refractivity contribution in [3.63, 3.8) is 0 Å². The van der Waals surface area contributed by atoms with Gasteiger partial charge in [-0.1, -0.05) is 6.07 Å². The van der Waals surface area contributed by atoms with Crippen LogP contribution in [0.1, 0.15) is 33.3 Å². The van der Waals surface area contributed by atoms with E-state index in [9.17, 15) is 24.6 Å². The Morgan fingerprint density at radius 2 is 1.75 bits per heavy atom. The van der Waals surface area contributed by atoms with Gasteiger partial charge in [-0.15, -0.1) is 0 Å². The molecule has 0 heterocycles. The van der Waals surface area contributed by atoms with Gasteiger partial charge in [0.1, 0.15) is 0 Å². The standard InChI is InChI=1S/C21H32BN3O7/c1-13(27)17(25-16(22)10-23-20(30)32-21(2,3)4)18(28)24-15(11-26)19(29)31-12-14-8-6-5-7-9-14/h5-9,13,15,17,22,25-27H,10-12H2,1-4H3,(H,23,30)(H,24,28)/t13-,15-,17-/m0/s1. The third kappa shape index (κ3) is 10.4. The Bertz CT molecular complexity index is 781. The van der Waals surface area contributed by atoms with Gasteiger partial charge in [-0.2, -0.15) is 0 Å². The third-order valence-corrected chi connectivity index (χ3v) is 3.98. The molecule has 0 spiro atoms. The molecule has 0 aliphatic heterocycles. The average molecular weight is 449 g/mol. The molecule has 10 nitrogen and oxygen atoms in total. The Morgan fingerprint density at radius 3 is 2.28 bits per heavy atom. The van der Waals surface area contributed by atoms with Crippen molar-refractivity contribution in [2.24, 2.45) is 0 Å². The number of hydrogen-bond donors (Lipinski definition) is 5. The van der Waals surface area contributed by atoms with Crippen LogP contribution < -0.4 is 16.0 Å². The molecular weight excluding hydrogens is 417 g/mol. The topological polar surface area (TPSA) is 146 Å². The number of nitrogens with one attached hydrogen (secondary N) is 3. The van der Waals surface area contributed by atoms with Crippen LogP contribution in [0.15, 0.2) is 30.3 Å². The van der Waals surface area contributed by atoms with Crippen LogP contribution in [0.5, 0.6) is 0 Å². The van der Waals surface area contributed by atoms with Crippen molar-refractivity contribution < 1.29 is 34.1 Å². The van der Waals surface area contributed by atoms with Crippen LogP contribution in [0.2, 0.25) is 0 Å². The molecule has 2 amide bonds. The number of amides is 2. The third-order valence-electron chi connectivity index (χ3n) is 3.98. The van der Waals surface area contributed by atoms with E-state index in [1.54, 1.807) is 45.0 Å². The van der Waals surface area contributed by atoms with E-state index in [0.29, 0.717) is 0 Å². The maximum atomic E-state index is 12.6. The Kier molecular flexibility index (Phi) is 10.9. The van der Waals surface area contributed by atoms with Crippen LogP contribution in [0.3, 0.4) is 0 Å². The Hall–Kier alpha value is -2.92. The maximum absolute atomic E-state index is 12.6. The number of carbonyl (C=O) groups is 3. The quantitative estimate of drug-likeness (QED) is 0.216. The van der Waals surface area contributed by atoms with Crippen molar-refractivity contribution in [3.8, 4) is 0 Å². The van der Waals surface area contributed by atoms with Gasteiger partial charge in [-0.3, -0.25) is 0 Å². The van der Waals surface area contributed by atoms with E-state index in [2.05, 4.69) is 23.4 Å². The first-order chi connectivity index (χ1) is 14.9. The van der Waals surface area contributed by atoms with Crippen LogP contribution >= 0.6 is 0 Å². The molecule has 0 fully saturated rings. The number of carbonyl (C=O) groups excluding carboxylic acids is 3. The average Bonchev–Trinajstić information content (AvgIpc) is 2.71. The van der Waals surface area contributed by atoms with Gasteiger partial charge in [-0.05, 0) is 0 Å². The van der Waals surface area contributed by atoms with Gasteiger partial charge in [0, 0.05) is 0 Å². The number of benzene rings is 1. The van der Waals surface area contributed by atoms with E-state index < -0.39 is 48.4 Å². The second-order valence-corrected chi connectivity index (χ2v) is 8.16. The number of hydrogen-bond acceptors (Lipinski definition) is 8. The summed E-state index contributed by atoms with van der Waals surface area (Å²) >= 11 is 0. The summed E-state index contributed by atoms with van der Waals surface area (Å²) in [6.07, 6.45) is -1.84. The van der Waals surface area contributed by atoms with E-state index in [1.807, 2.05) is 6.07 Å². The predicted molar refractivity (Wildman–Crippen MR) is 120 cm³/mol. The zero-order chi connectivity index (χ0) is 24.3. The zero-order valence-corrected chi connectivity index (χ0v) is 18.9. The molecule has 0 aromatic heterocycles. The summed E-state index contributed by atoms with van der Waals surface area (Å²) in [6, 6.07) is 6.42. The van der Waals surface area contributed by atoms with Crippen LogP contribution in [-0.2, 0) is 25.7 Å². The predicted octanol–water partition coefficient (Wildman–Crippen LogP) is -0.899. The van der Waals surface area contributed by atoms with Crippen LogP contribution in [0.25, 0.3) is 0 Å². The first-order valence-electron chi connectivity index (χ1n) is 10.1. The van der Waals surface area contributed by atoms with Gasteiger partial charge in [0.05, 0.1) is 0 Å². The fourth-order valence-electron chi connectivity index (χ4n) is 2.44. The molecule has 0 saturated carbocycles. The minimum atomic E-state index is -1.32. The number of esters is 1.